The number of hydrogen-bond donors (Lipinski definition) is 2. The third-order valence-electron chi connectivity index (χ3n) is 5.25. The SMILES string of the molecule is Cc1cc(C)c(S(=O)(=O)N2CCC(C(=O)NNC(=O)c3cccnc3)CC2)c(C)c1. The minimum Gasteiger partial charge on any atom is -0.273 e. The number of benzene rings is 1. The number of amides is 2. The van der Waals surface area contributed by atoms with Crippen LogP contribution in [0.3, 0.4) is 0 Å². The molecule has 160 valence electrons. The summed E-state index contributed by atoms with van der Waals surface area (Å²) in [7, 11) is -3.63. The van der Waals surface area contributed by atoms with Gasteiger partial charge in [-0.3, -0.25) is 25.4 Å². The molecule has 1 aliphatic rings. The van der Waals surface area contributed by atoms with Gasteiger partial charge in [-0.25, -0.2) is 8.42 Å². The van der Waals surface area contributed by atoms with Gasteiger partial charge in [-0.1, -0.05) is 17.7 Å². The molecule has 0 saturated carbocycles. The van der Waals surface area contributed by atoms with Crippen LogP contribution in [0.25, 0.3) is 0 Å². The molecule has 2 heterocycles. The first-order chi connectivity index (χ1) is 14.2. The minimum atomic E-state index is -3.63. The molecule has 1 fully saturated rings. The van der Waals surface area contributed by atoms with Crippen LogP contribution in [0.5, 0.6) is 0 Å². The van der Waals surface area contributed by atoms with E-state index in [1.807, 2.05) is 19.1 Å². The Labute approximate surface area is 176 Å². The van der Waals surface area contributed by atoms with E-state index in [9.17, 15) is 18.0 Å². The molecule has 0 unspecified atom stereocenters. The van der Waals surface area contributed by atoms with Crippen molar-refractivity contribution in [1.29, 1.82) is 0 Å². The largest absolute Gasteiger partial charge is 0.273 e. The number of piperidine rings is 1. The summed E-state index contributed by atoms with van der Waals surface area (Å²) < 4.78 is 27.7. The second kappa shape index (κ2) is 8.93. The van der Waals surface area contributed by atoms with Crippen molar-refractivity contribution in [3.63, 3.8) is 0 Å². The molecule has 1 aromatic carbocycles. The van der Waals surface area contributed by atoms with Crippen molar-refractivity contribution in [1.82, 2.24) is 20.1 Å². The average Bonchev–Trinajstić information content (AvgIpc) is 2.71. The maximum Gasteiger partial charge on any atom is 0.271 e. The number of aryl methyl sites for hydroxylation is 3. The summed E-state index contributed by atoms with van der Waals surface area (Å²) in [5, 5.41) is 0. The zero-order valence-corrected chi connectivity index (χ0v) is 18.1. The number of hydrazine groups is 1. The second-order valence-electron chi connectivity index (χ2n) is 7.59. The first-order valence-corrected chi connectivity index (χ1v) is 11.2. The number of aromatic nitrogens is 1. The lowest BCUT2D eigenvalue weighted by Gasteiger charge is -2.31. The predicted molar refractivity (Wildman–Crippen MR) is 112 cm³/mol. The lowest BCUT2D eigenvalue weighted by Crippen LogP contribution is -2.48. The Morgan fingerprint density at radius 2 is 1.70 bits per heavy atom. The topological polar surface area (TPSA) is 108 Å². The summed E-state index contributed by atoms with van der Waals surface area (Å²) in [4.78, 5) is 28.6. The molecule has 0 radical (unpaired) electrons. The maximum absolute atomic E-state index is 13.2. The first kappa shape index (κ1) is 21.9. The van der Waals surface area contributed by atoms with E-state index in [2.05, 4.69) is 15.8 Å². The molecule has 1 aromatic heterocycles. The quantitative estimate of drug-likeness (QED) is 0.720. The van der Waals surface area contributed by atoms with Crippen LogP contribution in [0.15, 0.2) is 41.6 Å². The number of hydrogen-bond acceptors (Lipinski definition) is 5. The summed E-state index contributed by atoms with van der Waals surface area (Å²) in [6.07, 6.45) is 3.73. The number of nitrogens with one attached hydrogen (secondary N) is 2. The number of sulfonamides is 1. The van der Waals surface area contributed by atoms with Crippen molar-refractivity contribution in [2.24, 2.45) is 5.92 Å². The zero-order valence-electron chi connectivity index (χ0n) is 17.3. The van der Waals surface area contributed by atoms with Crippen LogP contribution in [0, 0.1) is 26.7 Å². The fourth-order valence-corrected chi connectivity index (χ4v) is 5.73. The van der Waals surface area contributed by atoms with Crippen LogP contribution in [-0.4, -0.2) is 42.6 Å². The third kappa shape index (κ3) is 4.68. The molecule has 0 bridgehead atoms. The summed E-state index contributed by atoms with van der Waals surface area (Å²) in [5.41, 5.74) is 7.61. The number of pyridine rings is 1. The van der Waals surface area contributed by atoms with Crippen LogP contribution in [0.4, 0.5) is 0 Å². The van der Waals surface area contributed by atoms with E-state index < -0.39 is 15.9 Å². The van der Waals surface area contributed by atoms with Crippen LogP contribution in [0.2, 0.25) is 0 Å². The standard InChI is InChI=1S/C21H26N4O4S/c1-14-11-15(2)19(16(3)12-14)30(28,29)25-9-6-17(7-10-25)20(26)23-24-21(27)18-5-4-8-22-13-18/h4-5,8,11-13,17H,6-7,9-10H2,1-3H3,(H,23,26)(H,24,27). The molecule has 0 atom stereocenters. The van der Waals surface area contributed by atoms with Gasteiger partial charge >= 0.3 is 0 Å². The van der Waals surface area contributed by atoms with E-state index in [1.54, 1.807) is 32.2 Å². The molecule has 0 spiro atoms. The van der Waals surface area contributed by atoms with Gasteiger partial charge in [0.05, 0.1) is 10.5 Å². The number of rotatable bonds is 4. The first-order valence-electron chi connectivity index (χ1n) is 9.78. The van der Waals surface area contributed by atoms with E-state index in [0.717, 1.165) is 16.7 Å². The molecular weight excluding hydrogens is 404 g/mol. The fraction of sp³-hybridized carbons (Fsp3) is 0.381. The second-order valence-corrected chi connectivity index (χ2v) is 9.47. The van der Waals surface area contributed by atoms with Crippen molar-refractivity contribution in [3.8, 4) is 0 Å². The Kier molecular flexibility index (Phi) is 6.52. The zero-order chi connectivity index (χ0) is 21.9. The molecule has 2 amide bonds. The molecule has 1 aliphatic heterocycles. The lowest BCUT2D eigenvalue weighted by atomic mass is 9.98. The van der Waals surface area contributed by atoms with Crippen molar-refractivity contribution in [2.75, 3.05) is 13.1 Å². The smallest absolute Gasteiger partial charge is 0.271 e. The molecule has 2 aromatic rings. The highest BCUT2D eigenvalue weighted by Gasteiger charge is 2.33. The van der Waals surface area contributed by atoms with E-state index in [1.165, 1.54) is 10.5 Å². The molecule has 8 nitrogen and oxygen atoms in total. The summed E-state index contributed by atoms with van der Waals surface area (Å²) in [6, 6.07) is 6.95. The third-order valence-corrected chi connectivity index (χ3v) is 7.46. The molecule has 2 N–H and O–H groups in total. The van der Waals surface area contributed by atoms with Crippen LogP contribution < -0.4 is 10.9 Å². The van der Waals surface area contributed by atoms with E-state index in [0.29, 0.717) is 23.3 Å². The van der Waals surface area contributed by atoms with E-state index >= 15 is 0 Å². The van der Waals surface area contributed by atoms with E-state index in [-0.39, 0.29) is 24.9 Å². The molecule has 30 heavy (non-hydrogen) atoms. The van der Waals surface area contributed by atoms with Gasteiger partial charge in [0.25, 0.3) is 5.91 Å². The van der Waals surface area contributed by atoms with Crippen LogP contribution >= 0.6 is 0 Å². The van der Waals surface area contributed by atoms with Crippen molar-refractivity contribution in [2.45, 2.75) is 38.5 Å². The Hall–Kier alpha value is -2.78. The number of nitrogens with zero attached hydrogens (tertiary/aromatic N) is 2. The predicted octanol–water partition coefficient (Wildman–Crippen LogP) is 1.87. The van der Waals surface area contributed by atoms with Gasteiger partial charge in [0.1, 0.15) is 0 Å². The Balaban J connectivity index is 1.59. The van der Waals surface area contributed by atoms with Crippen molar-refractivity contribution in [3.05, 3.63) is 58.9 Å². The summed E-state index contributed by atoms with van der Waals surface area (Å²) in [5.74, 6) is -1.15. The average molecular weight is 431 g/mol. The van der Waals surface area contributed by atoms with Crippen LogP contribution in [0.1, 0.15) is 39.9 Å². The van der Waals surface area contributed by atoms with Gasteiger partial charge in [0.15, 0.2) is 0 Å². The van der Waals surface area contributed by atoms with Crippen molar-refractivity contribution < 1.29 is 18.0 Å². The Bertz CT molecular complexity index is 1020. The highest BCUT2D eigenvalue weighted by molar-refractivity contribution is 7.89. The molecule has 3 rings (SSSR count). The van der Waals surface area contributed by atoms with Crippen molar-refractivity contribution >= 4 is 21.8 Å². The Morgan fingerprint density at radius 1 is 1.07 bits per heavy atom. The van der Waals surface area contributed by atoms with Gasteiger partial charge in [-0.15, -0.1) is 0 Å². The van der Waals surface area contributed by atoms with Crippen LogP contribution in [-0.2, 0) is 14.8 Å². The van der Waals surface area contributed by atoms with Gasteiger partial charge in [0, 0.05) is 31.4 Å². The molecule has 0 aliphatic carbocycles. The normalized spacial score (nSPS) is 15.6. The monoisotopic (exact) mass is 430 g/mol. The highest BCUT2D eigenvalue weighted by Crippen LogP contribution is 2.28. The number of carbonyl (C=O) groups is 2. The van der Waals surface area contributed by atoms with Gasteiger partial charge < -0.3 is 0 Å². The van der Waals surface area contributed by atoms with Gasteiger partial charge in [-0.05, 0) is 56.9 Å². The lowest BCUT2D eigenvalue weighted by molar-refractivity contribution is -0.126. The Morgan fingerprint density at radius 3 is 2.27 bits per heavy atom. The molecule has 1 saturated heterocycles. The maximum atomic E-state index is 13.2. The van der Waals surface area contributed by atoms with Gasteiger partial charge in [0.2, 0.25) is 15.9 Å². The summed E-state index contributed by atoms with van der Waals surface area (Å²) in [6.45, 7) is 6.05. The number of carbonyl (C=O) groups excluding carboxylic acids is 2. The van der Waals surface area contributed by atoms with E-state index in [4.69, 9.17) is 0 Å². The fourth-order valence-electron chi connectivity index (χ4n) is 3.85. The minimum absolute atomic E-state index is 0.254. The summed E-state index contributed by atoms with van der Waals surface area (Å²) >= 11 is 0. The molecular formula is C21H26N4O4S. The molecule has 9 heteroatoms. The van der Waals surface area contributed by atoms with Gasteiger partial charge in [-0.2, -0.15) is 4.31 Å². The highest BCUT2D eigenvalue weighted by atomic mass is 32.2.